The van der Waals surface area contributed by atoms with Crippen LogP contribution >= 0.6 is 0 Å². The van der Waals surface area contributed by atoms with Gasteiger partial charge in [-0.2, -0.15) is 9.97 Å². The molecule has 1 aromatic carbocycles. The van der Waals surface area contributed by atoms with Gasteiger partial charge in [-0.1, -0.05) is 24.2 Å². The second kappa shape index (κ2) is 9.46. The number of aromatic nitrogens is 5. The Balaban J connectivity index is 1.37. The Kier molecular flexibility index (Phi) is 6.29. The lowest BCUT2D eigenvalue weighted by Gasteiger charge is -2.18. The first-order chi connectivity index (χ1) is 15.5. The van der Waals surface area contributed by atoms with Gasteiger partial charge in [-0.25, -0.2) is 4.39 Å². The molecule has 32 heavy (non-hydrogen) atoms. The van der Waals surface area contributed by atoms with Gasteiger partial charge in [-0.3, -0.25) is 9.78 Å². The van der Waals surface area contributed by atoms with Crippen LogP contribution in [0.25, 0.3) is 22.8 Å². The third-order valence-corrected chi connectivity index (χ3v) is 4.77. The fourth-order valence-corrected chi connectivity index (χ4v) is 3.03. The molecule has 0 saturated heterocycles. The van der Waals surface area contributed by atoms with Crippen LogP contribution in [-0.2, 0) is 11.2 Å². The molecule has 0 fully saturated rings. The SMILES string of the molecule is CC(C)C(NC(=O)CCc1nc(-c2ccc(F)cc2)no1)c1nc(-c2ccncc2)no1. The van der Waals surface area contributed by atoms with Crippen molar-refractivity contribution < 1.29 is 18.2 Å². The number of pyridine rings is 1. The predicted molar refractivity (Wildman–Crippen MR) is 111 cm³/mol. The van der Waals surface area contributed by atoms with E-state index in [4.69, 9.17) is 9.05 Å². The minimum Gasteiger partial charge on any atom is -0.344 e. The molecule has 0 bridgehead atoms. The highest BCUT2D eigenvalue weighted by Gasteiger charge is 2.25. The largest absolute Gasteiger partial charge is 0.344 e. The van der Waals surface area contributed by atoms with Crippen molar-refractivity contribution in [3.63, 3.8) is 0 Å². The summed E-state index contributed by atoms with van der Waals surface area (Å²) in [5, 5.41) is 10.8. The van der Waals surface area contributed by atoms with E-state index in [1.54, 1.807) is 36.7 Å². The Morgan fingerprint density at radius 1 is 0.969 bits per heavy atom. The lowest BCUT2D eigenvalue weighted by molar-refractivity contribution is -0.122. The van der Waals surface area contributed by atoms with Gasteiger partial charge in [0.05, 0.1) is 0 Å². The van der Waals surface area contributed by atoms with E-state index in [0.717, 1.165) is 5.56 Å². The summed E-state index contributed by atoms with van der Waals surface area (Å²) in [5.74, 6) is 0.890. The van der Waals surface area contributed by atoms with Crippen molar-refractivity contribution in [2.24, 2.45) is 5.92 Å². The molecule has 0 spiro atoms. The zero-order valence-electron chi connectivity index (χ0n) is 17.5. The maximum atomic E-state index is 13.1. The molecule has 1 unspecified atom stereocenters. The lowest BCUT2D eigenvalue weighted by atomic mass is 10.0. The van der Waals surface area contributed by atoms with Gasteiger partial charge in [-0.15, -0.1) is 0 Å². The molecular weight excluding hydrogens is 415 g/mol. The molecule has 0 aliphatic carbocycles. The fourth-order valence-electron chi connectivity index (χ4n) is 3.03. The first kappa shape index (κ1) is 21.3. The van der Waals surface area contributed by atoms with E-state index in [9.17, 15) is 9.18 Å². The van der Waals surface area contributed by atoms with Crippen molar-refractivity contribution >= 4 is 5.91 Å². The summed E-state index contributed by atoms with van der Waals surface area (Å²) in [6, 6.07) is 8.89. The number of halogens is 1. The number of nitrogens with one attached hydrogen (secondary N) is 1. The Hall–Kier alpha value is -3.95. The van der Waals surface area contributed by atoms with E-state index in [1.807, 2.05) is 13.8 Å². The van der Waals surface area contributed by atoms with Crippen LogP contribution in [0.3, 0.4) is 0 Å². The molecule has 1 atom stereocenters. The highest BCUT2D eigenvalue weighted by molar-refractivity contribution is 5.76. The quantitative estimate of drug-likeness (QED) is 0.443. The monoisotopic (exact) mass is 436 g/mol. The molecule has 1 amide bonds. The molecule has 4 aromatic rings. The topological polar surface area (TPSA) is 120 Å². The zero-order chi connectivity index (χ0) is 22.5. The van der Waals surface area contributed by atoms with E-state index in [2.05, 4.69) is 30.6 Å². The second-order valence-corrected chi connectivity index (χ2v) is 7.50. The molecule has 9 nitrogen and oxygen atoms in total. The van der Waals surface area contributed by atoms with Gasteiger partial charge in [0.25, 0.3) is 0 Å². The van der Waals surface area contributed by atoms with Crippen molar-refractivity contribution in [3.8, 4) is 22.8 Å². The van der Waals surface area contributed by atoms with Crippen LogP contribution in [0.5, 0.6) is 0 Å². The van der Waals surface area contributed by atoms with Crippen LogP contribution in [0.2, 0.25) is 0 Å². The van der Waals surface area contributed by atoms with Crippen LogP contribution in [-0.4, -0.2) is 31.2 Å². The first-order valence-electron chi connectivity index (χ1n) is 10.1. The average Bonchev–Trinajstić information content (AvgIpc) is 3.47. The van der Waals surface area contributed by atoms with Crippen LogP contribution < -0.4 is 5.32 Å². The van der Waals surface area contributed by atoms with Gasteiger partial charge in [0, 0.05) is 36.4 Å². The standard InChI is InChI=1S/C22H21FN6O3/c1-13(2)19(22-27-21(29-32-22)15-9-11-24-12-10-15)25-17(30)7-8-18-26-20(28-31-18)14-3-5-16(23)6-4-14/h3-6,9-13,19H,7-8H2,1-2H3,(H,25,30). The third kappa shape index (κ3) is 5.02. The van der Waals surface area contributed by atoms with Gasteiger partial charge in [0.1, 0.15) is 11.9 Å². The molecule has 4 rings (SSSR count). The Morgan fingerprint density at radius 3 is 2.34 bits per heavy atom. The molecule has 0 aliphatic heterocycles. The van der Waals surface area contributed by atoms with Gasteiger partial charge in [0.15, 0.2) is 0 Å². The first-order valence-corrected chi connectivity index (χ1v) is 10.1. The molecule has 0 saturated carbocycles. The molecule has 164 valence electrons. The number of rotatable bonds is 8. The number of aryl methyl sites for hydroxylation is 1. The van der Waals surface area contributed by atoms with E-state index in [1.165, 1.54) is 12.1 Å². The molecule has 3 heterocycles. The summed E-state index contributed by atoms with van der Waals surface area (Å²) in [7, 11) is 0. The van der Waals surface area contributed by atoms with Crippen molar-refractivity contribution in [3.05, 3.63) is 66.4 Å². The fraction of sp³-hybridized carbons (Fsp3) is 0.273. The molecule has 3 aromatic heterocycles. The number of carbonyl (C=O) groups excluding carboxylic acids is 1. The molecule has 0 radical (unpaired) electrons. The zero-order valence-corrected chi connectivity index (χ0v) is 17.5. The Labute approximate surface area is 183 Å². The van der Waals surface area contributed by atoms with E-state index < -0.39 is 6.04 Å². The summed E-state index contributed by atoms with van der Waals surface area (Å²) < 4.78 is 23.7. The number of benzene rings is 1. The predicted octanol–water partition coefficient (Wildman–Crippen LogP) is 3.77. The van der Waals surface area contributed by atoms with Crippen LogP contribution in [0.15, 0.2) is 57.8 Å². The minimum absolute atomic E-state index is 0.0261. The maximum Gasteiger partial charge on any atom is 0.249 e. The van der Waals surface area contributed by atoms with Gasteiger partial charge >= 0.3 is 0 Å². The van der Waals surface area contributed by atoms with Crippen molar-refractivity contribution in [2.45, 2.75) is 32.7 Å². The number of carbonyl (C=O) groups is 1. The Bertz CT molecular complexity index is 1170. The highest BCUT2D eigenvalue weighted by Crippen LogP contribution is 2.23. The summed E-state index contributed by atoms with van der Waals surface area (Å²) in [5.41, 5.74) is 1.41. The summed E-state index contributed by atoms with van der Waals surface area (Å²) in [4.78, 5) is 25.2. The van der Waals surface area contributed by atoms with Gasteiger partial charge in [-0.05, 0) is 42.3 Å². The number of nitrogens with zero attached hydrogens (tertiary/aromatic N) is 5. The molecular formula is C22H21FN6O3. The van der Waals surface area contributed by atoms with Gasteiger partial charge in [0.2, 0.25) is 29.3 Å². The second-order valence-electron chi connectivity index (χ2n) is 7.50. The van der Waals surface area contributed by atoms with Crippen LogP contribution in [0.4, 0.5) is 4.39 Å². The van der Waals surface area contributed by atoms with E-state index >= 15 is 0 Å². The van der Waals surface area contributed by atoms with Crippen molar-refractivity contribution in [1.29, 1.82) is 0 Å². The number of hydrogen-bond acceptors (Lipinski definition) is 8. The normalized spacial score (nSPS) is 12.1. The van der Waals surface area contributed by atoms with Gasteiger partial charge < -0.3 is 14.4 Å². The highest BCUT2D eigenvalue weighted by atomic mass is 19.1. The number of hydrogen-bond donors (Lipinski definition) is 1. The van der Waals surface area contributed by atoms with Crippen LogP contribution in [0.1, 0.15) is 38.1 Å². The Morgan fingerprint density at radius 2 is 1.62 bits per heavy atom. The maximum absolute atomic E-state index is 13.1. The smallest absolute Gasteiger partial charge is 0.249 e. The molecule has 10 heteroatoms. The molecule has 1 N–H and O–H groups in total. The summed E-state index contributed by atoms with van der Waals surface area (Å²) in [6.45, 7) is 3.91. The molecule has 0 aliphatic rings. The summed E-state index contributed by atoms with van der Waals surface area (Å²) >= 11 is 0. The lowest BCUT2D eigenvalue weighted by Crippen LogP contribution is -2.32. The van der Waals surface area contributed by atoms with E-state index in [0.29, 0.717) is 29.0 Å². The van der Waals surface area contributed by atoms with E-state index in [-0.39, 0.29) is 30.5 Å². The average molecular weight is 436 g/mol. The number of amides is 1. The van der Waals surface area contributed by atoms with Crippen molar-refractivity contribution in [2.75, 3.05) is 0 Å². The minimum atomic E-state index is -0.442. The third-order valence-electron chi connectivity index (χ3n) is 4.77. The van der Waals surface area contributed by atoms with Crippen LogP contribution in [0, 0.1) is 11.7 Å². The van der Waals surface area contributed by atoms with Crippen molar-refractivity contribution in [1.82, 2.24) is 30.6 Å². The summed E-state index contributed by atoms with van der Waals surface area (Å²) in [6.07, 6.45) is 3.69.